The van der Waals surface area contributed by atoms with E-state index in [0.29, 0.717) is 11.9 Å². The molecule has 0 aliphatic carbocycles. The van der Waals surface area contributed by atoms with Crippen LogP contribution in [0.1, 0.15) is 23.4 Å². The van der Waals surface area contributed by atoms with Crippen molar-refractivity contribution in [2.75, 3.05) is 12.3 Å². The fourth-order valence-electron chi connectivity index (χ4n) is 1.77. The molecule has 90 valence electrons. The Bertz CT molecular complexity index is 455. The predicted octanol–water partition coefficient (Wildman–Crippen LogP) is 2.01. The molecule has 0 aliphatic rings. The highest BCUT2D eigenvalue weighted by molar-refractivity contribution is 7.09. The van der Waals surface area contributed by atoms with Gasteiger partial charge in [0.15, 0.2) is 0 Å². The van der Waals surface area contributed by atoms with Crippen LogP contribution in [-0.2, 0) is 6.42 Å². The van der Waals surface area contributed by atoms with Crippen LogP contribution < -0.4 is 11.1 Å². The molecule has 0 saturated carbocycles. The van der Waals surface area contributed by atoms with E-state index < -0.39 is 0 Å². The number of nitrogens with zero attached hydrogens (tertiary/aromatic N) is 2. The van der Waals surface area contributed by atoms with E-state index in [1.165, 1.54) is 10.4 Å². The van der Waals surface area contributed by atoms with E-state index in [1.807, 2.05) is 23.8 Å². The number of rotatable bonds is 5. The van der Waals surface area contributed by atoms with E-state index in [0.717, 1.165) is 13.0 Å². The summed E-state index contributed by atoms with van der Waals surface area (Å²) in [5, 5.41) is 3.46. The number of likely N-dealkylation sites (N-methyl/N-ethyl adjacent to an activating group) is 1. The molecule has 4 nitrogen and oxygen atoms in total. The first-order chi connectivity index (χ1) is 8.29. The highest BCUT2D eigenvalue weighted by Crippen LogP contribution is 2.21. The SMILES string of the molecule is CCNC(Cc1ccnc(N)c1)c1cncs1. The van der Waals surface area contributed by atoms with Gasteiger partial charge in [-0.2, -0.15) is 0 Å². The number of hydrogen-bond acceptors (Lipinski definition) is 5. The minimum absolute atomic E-state index is 0.300. The largest absolute Gasteiger partial charge is 0.384 e. The van der Waals surface area contributed by atoms with Crippen molar-refractivity contribution < 1.29 is 0 Å². The minimum atomic E-state index is 0.300. The summed E-state index contributed by atoms with van der Waals surface area (Å²) in [6.07, 6.45) is 4.58. The summed E-state index contributed by atoms with van der Waals surface area (Å²) in [5.41, 5.74) is 8.74. The lowest BCUT2D eigenvalue weighted by Gasteiger charge is -2.16. The summed E-state index contributed by atoms with van der Waals surface area (Å²) < 4.78 is 0. The minimum Gasteiger partial charge on any atom is -0.384 e. The van der Waals surface area contributed by atoms with E-state index in [-0.39, 0.29) is 0 Å². The van der Waals surface area contributed by atoms with E-state index in [9.17, 15) is 0 Å². The zero-order valence-electron chi connectivity index (χ0n) is 9.76. The van der Waals surface area contributed by atoms with Crippen molar-refractivity contribution in [2.45, 2.75) is 19.4 Å². The highest BCUT2D eigenvalue weighted by Gasteiger charge is 2.12. The van der Waals surface area contributed by atoms with Gasteiger partial charge in [-0.25, -0.2) is 4.98 Å². The number of pyridine rings is 1. The maximum atomic E-state index is 5.69. The molecule has 0 radical (unpaired) electrons. The lowest BCUT2D eigenvalue weighted by molar-refractivity contribution is 0.557. The number of hydrogen-bond donors (Lipinski definition) is 2. The maximum absolute atomic E-state index is 5.69. The van der Waals surface area contributed by atoms with Gasteiger partial charge >= 0.3 is 0 Å². The van der Waals surface area contributed by atoms with Crippen molar-refractivity contribution in [3.63, 3.8) is 0 Å². The van der Waals surface area contributed by atoms with Crippen LogP contribution in [0, 0.1) is 0 Å². The molecule has 5 heteroatoms. The molecule has 0 aromatic carbocycles. The molecule has 0 bridgehead atoms. The van der Waals surface area contributed by atoms with Crippen molar-refractivity contribution in [3.8, 4) is 0 Å². The summed E-state index contributed by atoms with van der Waals surface area (Å²) in [5.74, 6) is 0.571. The summed E-state index contributed by atoms with van der Waals surface area (Å²) in [7, 11) is 0. The number of anilines is 1. The molecular weight excluding hydrogens is 232 g/mol. The maximum Gasteiger partial charge on any atom is 0.123 e. The van der Waals surface area contributed by atoms with Crippen molar-refractivity contribution in [3.05, 3.63) is 40.5 Å². The summed E-state index contributed by atoms with van der Waals surface area (Å²) in [6, 6.07) is 4.22. The van der Waals surface area contributed by atoms with Crippen LogP contribution in [0.3, 0.4) is 0 Å². The van der Waals surface area contributed by atoms with E-state index >= 15 is 0 Å². The van der Waals surface area contributed by atoms with Crippen molar-refractivity contribution in [2.24, 2.45) is 0 Å². The zero-order chi connectivity index (χ0) is 12.1. The van der Waals surface area contributed by atoms with Gasteiger partial charge in [0.1, 0.15) is 5.82 Å². The molecule has 2 aromatic rings. The van der Waals surface area contributed by atoms with Gasteiger partial charge in [0, 0.05) is 23.3 Å². The molecule has 0 spiro atoms. The Balaban J connectivity index is 2.13. The molecule has 17 heavy (non-hydrogen) atoms. The smallest absolute Gasteiger partial charge is 0.123 e. The van der Waals surface area contributed by atoms with Gasteiger partial charge in [0.2, 0.25) is 0 Å². The molecule has 0 aliphatic heterocycles. The van der Waals surface area contributed by atoms with Crippen LogP contribution in [0.5, 0.6) is 0 Å². The Kier molecular flexibility index (Phi) is 4.06. The van der Waals surface area contributed by atoms with Gasteiger partial charge in [-0.05, 0) is 30.7 Å². The second-order valence-corrected chi connectivity index (χ2v) is 4.73. The third kappa shape index (κ3) is 3.25. The van der Waals surface area contributed by atoms with Crippen LogP contribution in [0.4, 0.5) is 5.82 Å². The Labute approximate surface area is 105 Å². The van der Waals surface area contributed by atoms with Crippen molar-refractivity contribution in [1.29, 1.82) is 0 Å². The fourth-order valence-corrected chi connectivity index (χ4v) is 2.47. The molecule has 1 atom stereocenters. The third-order valence-corrected chi connectivity index (χ3v) is 3.42. The molecular formula is C12H16N4S. The summed E-state index contributed by atoms with van der Waals surface area (Å²) in [6.45, 7) is 3.04. The van der Waals surface area contributed by atoms with Crippen LogP contribution in [0.25, 0.3) is 0 Å². The van der Waals surface area contributed by atoms with Gasteiger partial charge in [0.05, 0.1) is 5.51 Å². The van der Waals surface area contributed by atoms with E-state index in [2.05, 4.69) is 22.2 Å². The Morgan fingerprint density at radius 2 is 2.41 bits per heavy atom. The third-order valence-electron chi connectivity index (χ3n) is 2.53. The Morgan fingerprint density at radius 3 is 3.06 bits per heavy atom. The number of aromatic nitrogens is 2. The first-order valence-corrected chi connectivity index (χ1v) is 6.49. The second kappa shape index (κ2) is 5.75. The highest BCUT2D eigenvalue weighted by atomic mass is 32.1. The number of thiazole rings is 1. The van der Waals surface area contributed by atoms with E-state index in [1.54, 1.807) is 17.5 Å². The van der Waals surface area contributed by atoms with Gasteiger partial charge in [0.25, 0.3) is 0 Å². The van der Waals surface area contributed by atoms with Crippen LogP contribution in [0.15, 0.2) is 30.0 Å². The Morgan fingerprint density at radius 1 is 1.53 bits per heavy atom. The predicted molar refractivity (Wildman–Crippen MR) is 70.9 cm³/mol. The van der Waals surface area contributed by atoms with Gasteiger partial charge < -0.3 is 11.1 Å². The quantitative estimate of drug-likeness (QED) is 0.849. The number of nitrogen functional groups attached to an aromatic ring is 1. The lowest BCUT2D eigenvalue weighted by atomic mass is 10.1. The molecule has 1 unspecified atom stereocenters. The summed E-state index contributed by atoms with van der Waals surface area (Å²) in [4.78, 5) is 9.38. The first-order valence-electron chi connectivity index (χ1n) is 5.61. The molecule has 2 heterocycles. The first kappa shape index (κ1) is 12.0. The molecule has 2 rings (SSSR count). The molecule has 0 fully saturated rings. The van der Waals surface area contributed by atoms with Gasteiger partial charge in [-0.15, -0.1) is 11.3 Å². The van der Waals surface area contributed by atoms with Crippen molar-refractivity contribution in [1.82, 2.24) is 15.3 Å². The van der Waals surface area contributed by atoms with Crippen LogP contribution in [-0.4, -0.2) is 16.5 Å². The number of nitrogens with one attached hydrogen (secondary N) is 1. The topological polar surface area (TPSA) is 63.8 Å². The summed E-state index contributed by atoms with van der Waals surface area (Å²) >= 11 is 1.67. The van der Waals surface area contributed by atoms with Crippen LogP contribution >= 0.6 is 11.3 Å². The van der Waals surface area contributed by atoms with E-state index in [4.69, 9.17) is 5.73 Å². The van der Waals surface area contributed by atoms with Crippen molar-refractivity contribution >= 4 is 17.2 Å². The number of nitrogens with two attached hydrogens (primary N) is 1. The zero-order valence-corrected chi connectivity index (χ0v) is 10.6. The molecule has 3 N–H and O–H groups in total. The average molecular weight is 248 g/mol. The van der Waals surface area contributed by atoms with Gasteiger partial charge in [-0.3, -0.25) is 4.98 Å². The van der Waals surface area contributed by atoms with Crippen LogP contribution in [0.2, 0.25) is 0 Å². The average Bonchev–Trinajstić information content (AvgIpc) is 2.82. The molecule has 0 saturated heterocycles. The Hall–Kier alpha value is -1.46. The van der Waals surface area contributed by atoms with Gasteiger partial charge in [-0.1, -0.05) is 6.92 Å². The molecule has 0 amide bonds. The monoisotopic (exact) mass is 248 g/mol. The lowest BCUT2D eigenvalue weighted by Crippen LogP contribution is -2.22. The normalized spacial score (nSPS) is 12.5. The second-order valence-electron chi connectivity index (χ2n) is 3.81. The fraction of sp³-hybridized carbons (Fsp3) is 0.333. The standard InChI is InChI=1S/C12H16N4S/c1-2-15-10(11-7-14-8-17-11)5-9-3-4-16-12(13)6-9/h3-4,6-8,10,15H,2,5H2,1H3,(H2,13,16). The molecule has 2 aromatic heterocycles.